The van der Waals surface area contributed by atoms with Crippen molar-refractivity contribution in [3.8, 4) is 11.5 Å². The molecular weight excluding hydrogens is 388 g/mol. The van der Waals surface area contributed by atoms with Crippen LogP contribution in [0, 0.1) is 5.92 Å². The highest BCUT2D eigenvalue weighted by atomic mass is 32.2. The first-order chi connectivity index (χ1) is 14.1. The van der Waals surface area contributed by atoms with E-state index in [1.807, 2.05) is 23.9 Å². The van der Waals surface area contributed by atoms with E-state index in [0.717, 1.165) is 75.4 Å². The average molecular weight is 425 g/mol. The number of hydrogen-bond acceptors (Lipinski definition) is 7. The van der Waals surface area contributed by atoms with E-state index >= 15 is 0 Å². The molecule has 1 aromatic rings. The molecule has 6 nitrogen and oxygen atoms in total. The molecule has 2 aliphatic heterocycles. The molecule has 1 atom stereocenters. The Balaban J connectivity index is 1.47. The van der Waals surface area contributed by atoms with Crippen molar-refractivity contribution in [1.29, 1.82) is 0 Å². The summed E-state index contributed by atoms with van der Waals surface area (Å²) in [6.07, 6.45) is 1.81. The standard InChI is InChI=1S/C22H36N2O4S/c1-23(14-18-5-9-27-10-6-18)15-19-3-4-21(22(13-19)26-2)28-17-20(25)16-24-7-11-29-12-8-24/h3-4,13,18,20,25H,5-12,14-17H2,1-2H3/t20-/m0/s1. The molecule has 0 radical (unpaired) electrons. The highest BCUT2D eigenvalue weighted by Gasteiger charge is 2.18. The molecule has 1 N–H and O–H groups in total. The molecule has 0 saturated carbocycles. The van der Waals surface area contributed by atoms with Crippen molar-refractivity contribution in [3.63, 3.8) is 0 Å². The Bertz CT molecular complexity index is 606. The molecule has 2 heterocycles. The van der Waals surface area contributed by atoms with Crippen LogP contribution in [0.5, 0.6) is 11.5 Å². The summed E-state index contributed by atoms with van der Waals surface area (Å²) in [5.41, 5.74) is 1.20. The molecular formula is C22H36N2O4S. The van der Waals surface area contributed by atoms with Crippen LogP contribution < -0.4 is 9.47 Å². The Labute approximate surface area is 179 Å². The van der Waals surface area contributed by atoms with E-state index in [9.17, 15) is 5.11 Å². The maximum atomic E-state index is 10.3. The molecule has 0 bridgehead atoms. The van der Waals surface area contributed by atoms with Crippen LogP contribution >= 0.6 is 11.8 Å². The van der Waals surface area contributed by atoms with Crippen molar-refractivity contribution in [2.75, 3.05) is 71.7 Å². The predicted octanol–water partition coefficient (Wildman–Crippen LogP) is 2.34. The lowest BCUT2D eigenvalue weighted by molar-refractivity contribution is 0.0549. The lowest BCUT2D eigenvalue weighted by Crippen LogP contribution is -2.40. The number of rotatable bonds is 10. The molecule has 2 saturated heterocycles. The summed E-state index contributed by atoms with van der Waals surface area (Å²) >= 11 is 1.98. The zero-order chi connectivity index (χ0) is 20.5. The highest BCUT2D eigenvalue weighted by Crippen LogP contribution is 2.29. The SMILES string of the molecule is COc1cc(CN(C)CC2CCOCC2)ccc1OC[C@@H](O)CN1CCSCC1. The second-order valence-electron chi connectivity index (χ2n) is 8.12. The Hall–Kier alpha value is -0.990. The smallest absolute Gasteiger partial charge is 0.161 e. The molecule has 2 aliphatic rings. The van der Waals surface area contributed by atoms with E-state index in [2.05, 4.69) is 22.9 Å². The van der Waals surface area contributed by atoms with Crippen LogP contribution in [-0.2, 0) is 11.3 Å². The van der Waals surface area contributed by atoms with Gasteiger partial charge in [-0.2, -0.15) is 11.8 Å². The predicted molar refractivity (Wildman–Crippen MR) is 118 cm³/mol. The Morgan fingerprint density at radius 2 is 2.00 bits per heavy atom. The second kappa shape index (κ2) is 12.0. The normalized spacial score (nSPS) is 20.0. The van der Waals surface area contributed by atoms with Crippen LogP contribution in [-0.4, -0.2) is 92.7 Å². The number of aliphatic hydroxyl groups excluding tert-OH is 1. The molecule has 0 spiro atoms. The van der Waals surface area contributed by atoms with E-state index in [4.69, 9.17) is 14.2 Å². The topological polar surface area (TPSA) is 54.4 Å². The number of β-amino-alcohol motifs (C(OH)–C–C–N with tert-alkyl or cyclic N) is 1. The minimum Gasteiger partial charge on any atom is -0.493 e. The molecule has 2 fully saturated rings. The number of methoxy groups -OCH3 is 1. The summed E-state index contributed by atoms with van der Waals surface area (Å²) in [6.45, 7) is 6.78. The van der Waals surface area contributed by atoms with Gasteiger partial charge in [0.1, 0.15) is 12.7 Å². The van der Waals surface area contributed by atoms with Gasteiger partial charge in [0.15, 0.2) is 11.5 Å². The Kier molecular flexibility index (Phi) is 9.39. The van der Waals surface area contributed by atoms with Gasteiger partial charge >= 0.3 is 0 Å². The van der Waals surface area contributed by atoms with Crippen LogP contribution in [0.2, 0.25) is 0 Å². The summed E-state index contributed by atoms with van der Waals surface area (Å²) in [7, 11) is 3.83. The number of nitrogens with zero attached hydrogens (tertiary/aromatic N) is 2. The van der Waals surface area contributed by atoms with Crippen molar-refractivity contribution >= 4 is 11.8 Å². The van der Waals surface area contributed by atoms with Crippen molar-refractivity contribution in [1.82, 2.24) is 9.80 Å². The van der Waals surface area contributed by atoms with E-state index < -0.39 is 6.10 Å². The summed E-state index contributed by atoms with van der Waals surface area (Å²) in [4.78, 5) is 4.67. The van der Waals surface area contributed by atoms with Gasteiger partial charge in [-0.25, -0.2) is 0 Å². The lowest BCUT2D eigenvalue weighted by atomic mass is 10.00. The van der Waals surface area contributed by atoms with Gasteiger partial charge in [-0.3, -0.25) is 4.90 Å². The highest BCUT2D eigenvalue weighted by molar-refractivity contribution is 7.99. The molecule has 3 rings (SSSR count). The van der Waals surface area contributed by atoms with Crippen LogP contribution in [0.4, 0.5) is 0 Å². The zero-order valence-corrected chi connectivity index (χ0v) is 18.7. The molecule has 0 amide bonds. The third-order valence-electron chi connectivity index (χ3n) is 5.60. The van der Waals surface area contributed by atoms with Gasteiger partial charge in [0.05, 0.1) is 7.11 Å². The first-order valence-electron chi connectivity index (χ1n) is 10.7. The minimum absolute atomic E-state index is 0.281. The van der Waals surface area contributed by atoms with Crippen molar-refractivity contribution in [2.24, 2.45) is 5.92 Å². The maximum absolute atomic E-state index is 10.3. The molecule has 0 aliphatic carbocycles. The third-order valence-corrected chi connectivity index (χ3v) is 6.54. The van der Waals surface area contributed by atoms with Gasteiger partial charge in [-0.15, -0.1) is 0 Å². The number of ether oxygens (including phenoxy) is 3. The monoisotopic (exact) mass is 424 g/mol. The maximum Gasteiger partial charge on any atom is 0.161 e. The largest absolute Gasteiger partial charge is 0.493 e. The molecule has 7 heteroatoms. The molecule has 29 heavy (non-hydrogen) atoms. The molecule has 0 unspecified atom stereocenters. The minimum atomic E-state index is -0.493. The summed E-state index contributed by atoms with van der Waals surface area (Å²) in [5.74, 6) is 4.43. The zero-order valence-electron chi connectivity index (χ0n) is 17.8. The van der Waals surface area contributed by atoms with Crippen LogP contribution in [0.3, 0.4) is 0 Å². The Morgan fingerprint density at radius 1 is 1.24 bits per heavy atom. The number of hydrogen-bond donors (Lipinski definition) is 1. The fourth-order valence-corrected chi connectivity index (χ4v) is 4.97. The summed E-state index contributed by atoms with van der Waals surface area (Å²) in [6, 6.07) is 6.09. The van der Waals surface area contributed by atoms with Crippen molar-refractivity contribution in [3.05, 3.63) is 23.8 Å². The first kappa shape index (κ1) is 22.7. The molecule has 0 aromatic heterocycles. The van der Waals surface area contributed by atoms with E-state index in [1.165, 1.54) is 5.56 Å². The van der Waals surface area contributed by atoms with Gasteiger partial charge in [-0.1, -0.05) is 6.07 Å². The number of aliphatic hydroxyl groups is 1. The van der Waals surface area contributed by atoms with E-state index in [1.54, 1.807) is 7.11 Å². The molecule has 164 valence electrons. The van der Waals surface area contributed by atoms with E-state index in [0.29, 0.717) is 12.3 Å². The van der Waals surface area contributed by atoms with Gasteiger partial charge in [0, 0.05) is 57.4 Å². The van der Waals surface area contributed by atoms with Crippen LogP contribution in [0.25, 0.3) is 0 Å². The van der Waals surface area contributed by atoms with Crippen LogP contribution in [0.1, 0.15) is 18.4 Å². The lowest BCUT2D eigenvalue weighted by Gasteiger charge is -2.28. The fraction of sp³-hybridized carbons (Fsp3) is 0.727. The van der Waals surface area contributed by atoms with Gasteiger partial charge < -0.3 is 24.2 Å². The number of thioether (sulfide) groups is 1. The van der Waals surface area contributed by atoms with Crippen LogP contribution in [0.15, 0.2) is 18.2 Å². The Morgan fingerprint density at radius 3 is 2.72 bits per heavy atom. The fourth-order valence-electron chi connectivity index (χ4n) is 4.00. The third kappa shape index (κ3) is 7.64. The summed E-state index contributed by atoms with van der Waals surface area (Å²) in [5, 5.41) is 10.3. The second-order valence-corrected chi connectivity index (χ2v) is 9.34. The number of benzene rings is 1. The first-order valence-corrected chi connectivity index (χ1v) is 11.8. The van der Waals surface area contributed by atoms with E-state index in [-0.39, 0.29) is 6.61 Å². The van der Waals surface area contributed by atoms with Gasteiger partial charge in [0.2, 0.25) is 0 Å². The van der Waals surface area contributed by atoms with Crippen molar-refractivity contribution < 1.29 is 19.3 Å². The average Bonchev–Trinajstić information content (AvgIpc) is 2.74. The summed E-state index contributed by atoms with van der Waals surface area (Å²) < 4.78 is 16.9. The molecule has 1 aromatic carbocycles. The van der Waals surface area contributed by atoms with Crippen molar-refractivity contribution in [2.45, 2.75) is 25.5 Å². The van der Waals surface area contributed by atoms with Gasteiger partial charge in [-0.05, 0) is 43.5 Å². The van der Waals surface area contributed by atoms with Gasteiger partial charge in [0.25, 0.3) is 0 Å². The quantitative estimate of drug-likeness (QED) is 0.619.